The zero-order valence-corrected chi connectivity index (χ0v) is 14.9. The van der Waals surface area contributed by atoms with Crippen LogP contribution in [0.1, 0.15) is 17.3 Å². The third-order valence-corrected chi connectivity index (χ3v) is 4.20. The monoisotopic (exact) mass is 353 g/mol. The first-order valence-corrected chi connectivity index (χ1v) is 8.26. The first-order valence-electron chi connectivity index (χ1n) is 8.26. The van der Waals surface area contributed by atoms with Crippen molar-refractivity contribution < 1.29 is 9.18 Å². The van der Waals surface area contributed by atoms with Crippen LogP contribution in [0.5, 0.6) is 0 Å². The average Bonchev–Trinajstić information content (AvgIpc) is 3.10. The second-order valence-corrected chi connectivity index (χ2v) is 6.26. The maximum Gasteiger partial charge on any atom is 0.275 e. The number of hydrogen-bond acceptors (Lipinski definition) is 2. The first-order chi connectivity index (χ1) is 12.4. The molecule has 0 fully saturated rings. The van der Waals surface area contributed by atoms with Crippen molar-refractivity contribution in [3.05, 3.63) is 70.5 Å². The van der Waals surface area contributed by atoms with Crippen molar-refractivity contribution in [2.45, 2.75) is 13.5 Å². The third kappa shape index (κ3) is 3.18. The molecule has 1 aromatic carbocycles. The highest BCUT2D eigenvalue weighted by atomic mass is 19.1. The minimum absolute atomic E-state index is 0.146. The molecular weight excluding hydrogens is 333 g/mol. The number of carbonyl (C=O) groups is 1. The van der Waals surface area contributed by atoms with E-state index < -0.39 is 5.82 Å². The number of rotatable bonds is 4. The maximum absolute atomic E-state index is 14.2. The SMILES string of the molecule is C/C=C/Cn1cc(-c2cc(F)cc(C(=O)N(C)C)c2)c2cc[nH]c2c1=O. The Kier molecular flexibility index (Phi) is 4.75. The smallest absolute Gasteiger partial charge is 0.275 e. The molecule has 134 valence electrons. The normalized spacial score (nSPS) is 11.4. The second kappa shape index (κ2) is 7.00. The molecule has 1 N–H and O–H groups in total. The molecule has 0 atom stereocenters. The number of aromatic nitrogens is 2. The zero-order chi connectivity index (χ0) is 18.8. The van der Waals surface area contributed by atoms with Gasteiger partial charge in [0.05, 0.1) is 0 Å². The van der Waals surface area contributed by atoms with Crippen LogP contribution in [-0.2, 0) is 6.54 Å². The Morgan fingerprint density at radius 3 is 2.77 bits per heavy atom. The van der Waals surface area contributed by atoms with Crippen molar-refractivity contribution in [1.82, 2.24) is 14.5 Å². The highest BCUT2D eigenvalue weighted by Gasteiger charge is 2.15. The number of hydrogen-bond donors (Lipinski definition) is 1. The van der Waals surface area contributed by atoms with Crippen LogP contribution in [0, 0.1) is 5.82 Å². The zero-order valence-electron chi connectivity index (χ0n) is 14.9. The first kappa shape index (κ1) is 17.7. The Balaban J connectivity index is 2.25. The molecule has 0 spiro atoms. The molecular formula is C20H20FN3O2. The molecule has 3 rings (SSSR count). The molecule has 6 heteroatoms. The minimum atomic E-state index is -0.498. The van der Waals surface area contributed by atoms with E-state index in [9.17, 15) is 14.0 Å². The lowest BCUT2D eigenvalue weighted by molar-refractivity contribution is 0.0827. The van der Waals surface area contributed by atoms with Gasteiger partial charge in [0.1, 0.15) is 11.3 Å². The van der Waals surface area contributed by atoms with Gasteiger partial charge in [0.2, 0.25) is 0 Å². The van der Waals surface area contributed by atoms with Gasteiger partial charge < -0.3 is 14.5 Å². The number of fused-ring (bicyclic) bond motifs is 1. The molecule has 0 saturated carbocycles. The summed E-state index contributed by atoms with van der Waals surface area (Å²) in [6.45, 7) is 2.29. The predicted molar refractivity (Wildman–Crippen MR) is 101 cm³/mol. The standard InChI is InChI=1S/C20H20FN3O2/c1-4-5-8-24-12-17(16-6-7-22-18(16)20(24)26)13-9-14(11-15(21)10-13)19(25)23(2)3/h4-7,9-12,22H,8H2,1-3H3/b5-4+. The van der Waals surface area contributed by atoms with Crippen molar-refractivity contribution in [1.29, 1.82) is 0 Å². The number of amides is 1. The van der Waals surface area contributed by atoms with E-state index in [0.717, 1.165) is 0 Å². The van der Waals surface area contributed by atoms with Crippen LogP contribution in [0.4, 0.5) is 4.39 Å². The molecule has 1 amide bonds. The number of aromatic amines is 1. The van der Waals surface area contributed by atoms with Crippen LogP contribution in [0.3, 0.4) is 0 Å². The molecule has 0 saturated heterocycles. The quantitative estimate of drug-likeness (QED) is 0.731. The van der Waals surface area contributed by atoms with Crippen LogP contribution in [0.15, 0.2) is 53.6 Å². The van der Waals surface area contributed by atoms with Gasteiger partial charge in [-0.3, -0.25) is 9.59 Å². The van der Waals surface area contributed by atoms with Crippen LogP contribution >= 0.6 is 0 Å². The molecule has 0 bridgehead atoms. The van der Waals surface area contributed by atoms with Gasteiger partial charge in [0.15, 0.2) is 0 Å². The number of nitrogens with one attached hydrogen (secondary N) is 1. The van der Waals surface area contributed by atoms with Crippen molar-refractivity contribution in [3.63, 3.8) is 0 Å². The number of H-pyrrole nitrogens is 1. The molecule has 0 aliphatic carbocycles. The van der Waals surface area contributed by atoms with Crippen molar-refractivity contribution in [3.8, 4) is 11.1 Å². The topological polar surface area (TPSA) is 58.1 Å². The molecule has 0 aliphatic heterocycles. The lowest BCUT2D eigenvalue weighted by Crippen LogP contribution is -2.22. The number of carbonyl (C=O) groups excluding carboxylic acids is 1. The average molecular weight is 353 g/mol. The summed E-state index contributed by atoms with van der Waals surface area (Å²) in [6, 6.07) is 6.02. The number of allylic oxidation sites excluding steroid dienone is 2. The summed E-state index contributed by atoms with van der Waals surface area (Å²) in [7, 11) is 3.24. The lowest BCUT2D eigenvalue weighted by atomic mass is 10.0. The largest absolute Gasteiger partial charge is 0.357 e. The molecule has 26 heavy (non-hydrogen) atoms. The van der Waals surface area contributed by atoms with E-state index in [2.05, 4.69) is 4.98 Å². The van der Waals surface area contributed by atoms with Gasteiger partial charge in [0.25, 0.3) is 11.5 Å². The molecule has 0 radical (unpaired) electrons. The summed E-state index contributed by atoms with van der Waals surface area (Å²) in [5, 5.41) is 0.695. The van der Waals surface area contributed by atoms with E-state index in [-0.39, 0.29) is 17.0 Å². The van der Waals surface area contributed by atoms with Gasteiger partial charge in [-0.15, -0.1) is 0 Å². The molecule has 2 aromatic heterocycles. The molecule has 0 aliphatic rings. The van der Waals surface area contributed by atoms with Crippen molar-refractivity contribution >= 4 is 16.8 Å². The van der Waals surface area contributed by atoms with E-state index in [1.54, 1.807) is 43.2 Å². The summed E-state index contributed by atoms with van der Waals surface area (Å²) in [5.41, 5.74) is 1.82. The van der Waals surface area contributed by atoms with Gasteiger partial charge in [-0.25, -0.2) is 4.39 Å². The van der Waals surface area contributed by atoms with E-state index in [4.69, 9.17) is 0 Å². The van der Waals surface area contributed by atoms with Crippen molar-refractivity contribution in [2.75, 3.05) is 14.1 Å². The fraction of sp³-hybridized carbons (Fsp3) is 0.200. The summed E-state index contributed by atoms with van der Waals surface area (Å²) in [4.78, 5) is 29.2. The van der Waals surface area contributed by atoms with Crippen LogP contribution < -0.4 is 5.56 Å². The van der Waals surface area contributed by atoms with Crippen LogP contribution in [0.25, 0.3) is 22.0 Å². The molecule has 2 heterocycles. The number of benzene rings is 1. The summed E-state index contributed by atoms with van der Waals surface area (Å²) < 4.78 is 15.7. The fourth-order valence-electron chi connectivity index (χ4n) is 2.91. The van der Waals surface area contributed by atoms with Gasteiger partial charge in [-0.1, -0.05) is 12.2 Å². The second-order valence-electron chi connectivity index (χ2n) is 6.26. The van der Waals surface area contributed by atoms with E-state index in [0.29, 0.717) is 28.6 Å². The highest BCUT2D eigenvalue weighted by molar-refractivity contribution is 5.98. The van der Waals surface area contributed by atoms with Gasteiger partial charge in [0, 0.05) is 49.5 Å². The Labute approximate surface area is 150 Å². The van der Waals surface area contributed by atoms with Gasteiger partial charge in [-0.05, 0) is 36.8 Å². The Bertz CT molecular complexity index is 1060. The highest BCUT2D eigenvalue weighted by Crippen LogP contribution is 2.28. The lowest BCUT2D eigenvalue weighted by Gasteiger charge is -2.13. The summed E-state index contributed by atoms with van der Waals surface area (Å²) >= 11 is 0. The van der Waals surface area contributed by atoms with Gasteiger partial charge >= 0.3 is 0 Å². The number of nitrogens with zero attached hydrogens (tertiary/aromatic N) is 2. The van der Waals surface area contributed by atoms with E-state index in [1.807, 2.05) is 19.1 Å². The number of pyridine rings is 1. The maximum atomic E-state index is 14.2. The Morgan fingerprint density at radius 1 is 1.31 bits per heavy atom. The Morgan fingerprint density at radius 2 is 2.08 bits per heavy atom. The summed E-state index contributed by atoms with van der Waals surface area (Å²) in [5.74, 6) is -0.777. The van der Waals surface area contributed by atoms with Crippen LogP contribution in [0.2, 0.25) is 0 Å². The van der Waals surface area contributed by atoms with E-state index >= 15 is 0 Å². The number of halogens is 1. The Hall–Kier alpha value is -3.15. The third-order valence-electron chi connectivity index (χ3n) is 4.20. The fourth-order valence-corrected chi connectivity index (χ4v) is 2.91. The predicted octanol–water partition coefficient (Wildman–Crippen LogP) is 3.41. The summed E-state index contributed by atoms with van der Waals surface area (Å²) in [6.07, 6.45) is 7.12. The van der Waals surface area contributed by atoms with E-state index in [1.165, 1.54) is 17.0 Å². The van der Waals surface area contributed by atoms with Crippen molar-refractivity contribution in [2.24, 2.45) is 0 Å². The minimum Gasteiger partial charge on any atom is -0.357 e. The molecule has 3 aromatic rings. The molecule has 0 unspecified atom stereocenters. The van der Waals surface area contributed by atoms with Gasteiger partial charge in [-0.2, -0.15) is 0 Å². The van der Waals surface area contributed by atoms with Crippen LogP contribution in [-0.4, -0.2) is 34.5 Å². The molecule has 5 nitrogen and oxygen atoms in total.